The third-order valence-electron chi connectivity index (χ3n) is 12.0. The second-order valence-corrected chi connectivity index (χ2v) is 19.7. The van der Waals surface area contributed by atoms with Gasteiger partial charge in [0, 0.05) is 40.2 Å². The highest BCUT2D eigenvalue weighted by Gasteiger charge is 2.51. The number of carbonyl (C=O) groups excluding carboxylic acids is 7. The summed E-state index contributed by atoms with van der Waals surface area (Å²) in [4.78, 5) is 98.9. The lowest BCUT2D eigenvalue weighted by atomic mass is 9.99. The maximum absolute atomic E-state index is 14.5. The summed E-state index contributed by atoms with van der Waals surface area (Å²) in [5.41, 5.74) is 7.10. The van der Waals surface area contributed by atoms with Gasteiger partial charge in [-0.15, -0.1) is 0 Å². The smallest absolute Gasteiger partial charge is 0.408 e. The molecule has 12 atom stereocenters. The highest BCUT2D eigenvalue weighted by atomic mass is 16.6. The van der Waals surface area contributed by atoms with Crippen LogP contribution in [-0.2, 0) is 65.3 Å². The molecule has 3 heterocycles. The minimum absolute atomic E-state index is 0.0136. The highest BCUT2D eigenvalue weighted by Crippen LogP contribution is 2.26. The number of ether oxygens (including phenoxy) is 5. The summed E-state index contributed by atoms with van der Waals surface area (Å²) in [5.74, 6) is -4.16. The largest absolute Gasteiger partial charge is 0.444 e. The normalized spacial score (nSPS) is 30.0. The molecule has 0 aromatic heterocycles. The van der Waals surface area contributed by atoms with Gasteiger partial charge in [0.25, 0.3) is 11.8 Å². The van der Waals surface area contributed by atoms with Crippen molar-refractivity contribution < 1.29 is 57.2 Å². The van der Waals surface area contributed by atoms with E-state index in [0.29, 0.717) is 11.1 Å². The zero-order chi connectivity index (χ0) is 50.6. The average Bonchev–Trinajstić information content (AvgIpc) is 3.80. The predicted octanol–water partition coefficient (Wildman–Crippen LogP) is 0.535. The van der Waals surface area contributed by atoms with Crippen molar-refractivity contribution in [3.8, 4) is 0 Å². The molecule has 0 aliphatic carbocycles. The van der Waals surface area contributed by atoms with Crippen molar-refractivity contribution in [2.45, 2.75) is 153 Å². The fourth-order valence-electron chi connectivity index (χ4n) is 8.70. The van der Waals surface area contributed by atoms with Crippen LogP contribution in [0.5, 0.6) is 0 Å². The molecule has 380 valence electrons. The first-order valence-corrected chi connectivity index (χ1v) is 23.6. The second kappa shape index (κ2) is 24.7. The molecule has 0 radical (unpaired) electrons. The molecule has 7 amide bonds. The van der Waals surface area contributed by atoms with E-state index in [1.807, 2.05) is 39.8 Å². The van der Waals surface area contributed by atoms with Gasteiger partial charge in [-0.3, -0.25) is 28.8 Å². The number of alkyl carbamates (subject to hydrolysis) is 1. The first-order valence-electron chi connectivity index (χ1n) is 23.6. The van der Waals surface area contributed by atoms with Crippen LogP contribution in [0.15, 0.2) is 60.7 Å². The number of rotatable bonds is 11. The first kappa shape index (κ1) is 54.3. The van der Waals surface area contributed by atoms with Crippen LogP contribution in [0.2, 0.25) is 0 Å². The molecular weight excluding hydrogens is 893 g/mol. The number of carbonyl (C=O) groups is 7. The van der Waals surface area contributed by atoms with Gasteiger partial charge in [0.1, 0.15) is 42.0 Å². The van der Waals surface area contributed by atoms with Crippen LogP contribution in [0.25, 0.3) is 0 Å². The molecule has 2 aromatic rings. The molecule has 20 nitrogen and oxygen atoms in total. The Labute approximate surface area is 404 Å². The summed E-state index contributed by atoms with van der Waals surface area (Å²) in [7, 11) is 2.70. The van der Waals surface area contributed by atoms with Crippen molar-refractivity contribution in [2.75, 3.05) is 27.3 Å². The van der Waals surface area contributed by atoms with Gasteiger partial charge in [0.05, 0.1) is 24.3 Å². The summed E-state index contributed by atoms with van der Waals surface area (Å²) in [6.07, 6.45) is -7.33. The maximum atomic E-state index is 14.5. The minimum Gasteiger partial charge on any atom is -0.444 e. The monoisotopic (exact) mass is 965 g/mol. The van der Waals surface area contributed by atoms with Crippen molar-refractivity contribution in [3.05, 3.63) is 71.8 Å². The summed E-state index contributed by atoms with van der Waals surface area (Å²) in [6.45, 7) is 12.1. The van der Waals surface area contributed by atoms with Gasteiger partial charge in [0.15, 0.2) is 12.2 Å². The van der Waals surface area contributed by atoms with Crippen molar-refractivity contribution >= 4 is 41.5 Å². The van der Waals surface area contributed by atoms with Crippen LogP contribution < -0.4 is 43.0 Å². The van der Waals surface area contributed by atoms with E-state index in [4.69, 9.17) is 29.4 Å². The Morgan fingerprint density at radius 1 is 0.623 bits per heavy atom. The lowest BCUT2D eigenvalue weighted by Crippen LogP contribution is -2.58. The van der Waals surface area contributed by atoms with Crippen LogP contribution in [0.4, 0.5) is 4.79 Å². The Morgan fingerprint density at radius 2 is 1.03 bits per heavy atom. The van der Waals surface area contributed by atoms with Crippen LogP contribution in [0, 0.1) is 11.8 Å². The Hall–Kier alpha value is -5.67. The zero-order valence-electron chi connectivity index (χ0n) is 41.1. The van der Waals surface area contributed by atoms with E-state index in [9.17, 15) is 33.6 Å². The van der Waals surface area contributed by atoms with E-state index < -0.39 is 120 Å². The zero-order valence-corrected chi connectivity index (χ0v) is 41.1. The van der Waals surface area contributed by atoms with Crippen molar-refractivity contribution in [3.63, 3.8) is 0 Å². The predicted molar refractivity (Wildman–Crippen MR) is 253 cm³/mol. The topological polar surface area (TPSA) is 276 Å². The maximum Gasteiger partial charge on any atom is 0.408 e. The molecule has 3 aliphatic heterocycles. The molecule has 3 aliphatic rings. The molecule has 3 fully saturated rings. The Morgan fingerprint density at radius 3 is 1.45 bits per heavy atom. The number of fused-ring (bicyclic) bond motifs is 4. The summed E-state index contributed by atoms with van der Waals surface area (Å²) < 4.78 is 29.6. The Kier molecular flexibility index (Phi) is 19.5. The molecule has 4 bridgehead atoms. The number of amides is 7. The molecule has 0 saturated carbocycles. The van der Waals surface area contributed by atoms with Crippen LogP contribution >= 0.6 is 0 Å². The molecule has 20 heteroatoms. The Balaban J connectivity index is 1.54. The molecule has 5 rings (SSSR count). The third-order valence-corrected chi connectivity index (χ3v) is 12.0. The van der Waals surface area contributed by atoms with E-state index in [0.717, 1.165) is 0 Å². The highest BCUT2D eigenvalue weighted by molar-refractivity contribution is 5.94. The SMILES string of the molecule is CO[C@@H]1[C@H](N)[C@H]2CNC(=O)[C@H](CC(C)C)NC(=O)[C@H](Cc3ccccc3)NC(=O)[C@@H]3O[C@H](CNC(=O)[C@H](CC(C)C)NC(=O)[C@H](Cc4ccccc4)NC(=O)[C@H]1O2)[C@@H](NC(=O)OC(C)(C)C)[C@H]3OC. The van der Waals surface area contributed by atoms with Crippen molar-refractivity contribution in [1.29, 1.82) is 0 Å². The number of nitrogens with two attached hydrogens (primary N) is 1. The molecule has 0 unspecified atom stereocenters. The lowest BCUT2D eigenvalue weighted by Gasteiger charge is -2.28. The molecule has 2 aromatic carbocycles. The Bertz CT molecular complexity index is 2070. The van der Waals surface area contributed by atoms with Gasteiger partial charge < -0.3 is 66.6 Å². The number of nitrogens with one attached hydrogen (secondary N) is 7. The fraction of sp³-hybridized carbons (Fsp3) is 0.612. The molecule has 0 spiro atoms. The standard InChI is InChI=1S/C49H72N8O12/c1-26(2)20-30-42(58)51-24-34-36(50)38(65-8)40(67-34)46(62)55-32(22-28-16-12-10-13-17-28)44(60)54-31(21-27(3)4)43(59)52-25-35-37(57-48(64)69-49(5,6)7)39(66-9)41(68-35)47(63)56-33(45(61)53-30)23-29-18-14-11-15-19-29/h10-19,26-27,30-41H,20-25,50H2,1-9H3,(H,51,58)(H,52,59)(H,53,61)(H,54,60)(H,55,62)(H,56,63)(H,57,64)/t30-,31-,32-,33-,34+,35+,36+,37+,38+,39+,40-,41+/m0/s1. The van der Waals surface area contributed by atoms with E-state index >= 15 is 0 Å². The third kappa shape index (κ3) is 15.4. The molecule has 3 saturated heterocycles. The van der Waals surface area contributed by atoms with Crippen LogP contribution in [0.1, 0.15) is 72.4 Å². The minimum atomic E-state index is -1.44. The van der Waals surface area contributed by atoms with E-state index in [1.165, 1.54) is 14.2 Å². The molecule has 69 heavy (non-hydrogen) atoms. The quantitative estimate of drug-likeness (QED) is 0.153. The second-order valence-electron chi connectivity index (χ2n) is 19.7. The number of hydrogen-bond donors (Lipinski definition) is 8. The van der Waals surface area contributed by atoms with Gasteiger partial charge in [-0.05, 0) is 56.6 Å². The first-order chi connectivity index (χ1) is 32.7. The van der Waals surface area contributed by atoms with Gasteiger partial charge in [-0.1, -0.05) is 88.4 Å². The number of methoxy groups -OCH3 is 2. The van der Waals surface area contributed by atoms with Crippen LogP contribution in [-0.4, -0.2) is 147 Å². The van der Waals surface area contributed by atoms with E-state index in [1.54, 1.807) is 69.3 Å². The number of benzene rings is 2. The van der Waals surface area contributed by atoms with Gasteiger partial charge in [0.2, 0.25) is 23.6 Å². The van der Waals surface area contributed by atoms with Gasteiger partial charge in [-0.25, -0.2) is 4.79 Å². The average molecular weight is 965 g/mol. The summed E-state index contributed by atoms with van der Waals surface area (Å²) in [5, 5.41) is 19.7. The number of hydrogen-bond acceptors (Lipinski definition) is 13. The van der Waals surface area contributed by atoms with E-state index in [2.05, 4.69) is 37.2 Å². The van der Waals surface area contributed by atoms with E-state index in [-0.39, 0.29) is 50.6 Å². The fourth-order valence-corrected chi connectivity index (χ4v) is 8.70. The van der Waals surface area contributed by atoms with Crippen LogP contribution in [0.3, 0.4) is 0 Å². The summed E-state index contributed by atoms with van der Waals surface area (Å²) >= 11 is 0. The molecular formula is C49H72N8O12. The van der Waals surface area contributed by atoms with Gasteiger partial charge >= 0.3 is 6.09 Å². The van der Waals surface area contributed by atoms with Crippen molar-refractivity contribution in [1.82, 2.24) is 37.2 Å². The van der Waals surface area contributed by atoms with Gasteiger partial charge in [-0.2, -0.15) is 0 Å². The lowest BCUT2D eigenvalue weighted by molar-refractivity contribution is -0.141. The summed E-state index contributed by atoms with van der Waals surface area (Å²) in [6, 6.07) is 11.3. The molecule has 9 N–H and O–H groups in total. The van der Waals surface area contributed by atoms with Crippen molar-refractivity contribution in [2.24, 2.45) is 17.6 Å².